The van der Waals surface area contributed by atoms with Gasteiger partial charge in [0.1, 0.15) is 5.75 Å². The third-order valence-corrected chi connectivity index (χ3v) is 4.25. The van der Waals surface area contributed by atoms with Gasteiger partial charge in [-0.3, -0.25) is 0 Å². The van der Waals surface area contributed by atoms with Crippen LogP contribution in [0.5, 0.6) is 5.75 Å². The number of ether oxygens (including phenoxy) is 1. The van der Waals surface area contributed by atoms with Gasteiger partial charge < -0.3 is 4.74 Å². The molecule has 2 nitrogen and oxygen atoms in total. The molecule has 0 saturated carbocycles. The molecule has 0 fully saturated rings. The highest BCUT2D eigenvalue weighted by Gasteiger charge is 2.09. The predicted octanol–water partition coefficient (Wildman–Crippen LogP) is 4.77. The maximum atomic E-state index is 6.53. The Labute approximate surface area is 120 Å². The standard InChI is InChI=1S/C15H12ClNOS/c1-18-9-3-5-13-11(7-9)15(16)12-8-10(19-2)4-6-14(12)17-13/h3-8H,1-2H3. The molecule has 0 saturated heterocycles. The van der Waals surface area contributed by atoms with E-state index in [0.29, 0.717) is 0 Å². The molecule has 1 aromatic heterocycles. The van der Waals surface area contributed by atoms with E-state index < -0.39 is 0 Å². The molecule has 0 unspecified atom stereocenters. The molecule has 0 amide bonds. The van der Waals surface area contributed by atoms with E-state index in [-0.39, 0.29) is 0 Å². The van der Waals surface area contributed by atoms with Crippen molar-refractivity contribution in [2.24, 2.45) is 0 Å². The van der Waals surface area contributed by atoms with Crippen LogP contribution in [0.3, 0.4) is 0 Å². The second kappa shape index (κ2) is 4.91. The number of nitrogens with zero attached hydrogens (tertiary/aromatic N) is 1. The SMILES string of the molecule is COc1ccc2nc3ccc(SC)cc3c(Cl)c2c1. The van der Waals surface area contributed by atoms with E-state index in [2.05, 4.69) is 17.1 Å². The summed E-state index contributed by atoms with van der Waals surface area (Å²) in [5, 5.41) is 2.64. The van der Waals surface area contributed by atoms with Gasteiger partial charge in [-0.1, -0.05) is 11.6 Å². The monoisotopic (exact) mass is 289 g/mol. The number of hydrogen-bond acceptors (Lipinski definition) is 3. The van der Waals surface area contributed by atoms with Gasteiger partial charge in [-0.25, -0.2) is 4.98 Å². The molecule has 3 aromatic rings. The maximum Gasteiger partial charge on any atom is 0.119 e. The minimum Gasteiger partial charge on any atom is -0.497 e. The lowest BCUT2D eigenvalue weighted by Crippen LogP contribution is -1.88. The summed E-state index contributed by atoms with van der Waals surface area (Å²) in [5.74, 6) is 0.788. The Kier molecular flexibility index (Phi) is 3.25. The first-order valence-corrected chi connectivity index (χ1v) is 7.44. The maximum absolute atomic E-state index is 6.53. The Morgan fingerprint density at radius 3 is 2.42 bits per heavy atom. The fraction of sp³-hybridized carbons (Fsp3) is 0.133. The van der Waals surface area contributed by atoms with Crippen molar-refractivity contribution in [1.82, 2.24) is 4.98 Å². The van der Waals surface area contributed by atoms with Crippen molar-refractivity contribution in [2.45, 2.75) is 4.90 Å². The summed E-state index contributed by atoms with van der Waals surface area (Å²) in [7, 11) is 1.65. The minimum atomic E-state index is 0.731. The zero-order valence-electron chi connectivity index (χ0n) is 10.6. The lowest BCUT2D eigenvalue weighted by atomic mass is 10.1. The molecule has 0 spiro atoms. The Hall–Kier alpha value is -1.45. The van der Waals surface area contributed by atoms with Crippen LogP contribution in [0.1, 0.15) is 0 Å². The number of fused-ring (bicyclic) bond motifs is 2. The van der Waals surface area contributed by atoms with Gasteiger partial charge in [0.2, 0.25) is 0 Å². The predicted molar refractivity (Wildman–Crippen MR) is 82.6 cm³/mol. The molecule has 3 rings (SSSR count). The topological polar surface area (TPSA) is 22.1 Å². The molecule has 0 radical (unpaired) electrons. The lowest BCUT2D eigenvalue weighted by molar-refractivity contribution is 0.415. The van der Waals surface area contributed by atoms with Crippen LogP contribution in [0.25, 0.3) is 21.8 Å². The Morgan fingerprint density at radius 2 is 1.74 bits per heavy atom. The number of pyridine rings is 1. The van der Waals surface area contributed by atoms with Crippen LogP contribution in [-0.4, -0.2) is 18.3 Å². The third-order valence-electron chi connectivity index (χ3n) is 3.12. The Morgan fingerprint density at radius 1 is 1.05 bits per heavy atom. The van der Waals surface area contributed by atoms with Crippen molar-refractivity contribution in [2.75, 3.05) is 13.4 Å². The van der Waals surface area contributed by atoms with Crippen LogP contribution in [0.15, 0.2) is 41.3 Å². The van der Waals surface area contributed by atoms with Crippen molar-refractivity contribution < 1.29 is 4.74 Å². The number of aromatic nitrogens is 1. The van der Waals surface area contributed by atoms with Gasteiger partial charge >= 0.3 is 0 Å². The van der Waals surface area contributed by atoms with E-state index in [1.165, 1.54) is 4.90 Å². The summed E-state index contributed by atoms with van der Waals surface area (Å²) in [5.41, 5.74) is 1.80. The van der Waals surface area contributed by atoms with Crippen LogP contribution in [-0.2, 0) is 0 Å². The summed E-state index contributed by atoms with van der Waals surface area (Å²) < 4.78 is 5.24. The number of thioether (sulfide) groups is 1. The average Bonchev–Trinajstić information content (AvgIpc) is 2.47. The molecule has 96 valence electrons. The van der Waals surface area contributed by atoms with E-state index in [0.717, 1.165) is 32.6 Å². The highest BCUT2D eigenvalue weighted by atomic mass is 35.5. The number of rotatable bonds is 2. The minimum absolute atomic E-state index is 0.731. The molecule has 0 aliphatic carbocycles. The largest absolute Gasteiger partial charge is 0.497 e. The molecule has 1 heterocycles. The van der Waals surface area contributed by atoms with Crippen molar-refractivity contribution in [3.63, 3.8) is 0 Å². The number of benzene rings is 2. The summed E-state index contributed by atoms with van der Waals surface area (Å²) in [4.78, 5) is 5.82. The van der Waals surface area contributed by atoms with Gasteiger partial charge in [-0.2, -0.15) is 0 Å². The van der Waals surface area contributed by atoms with Crippen molar-refractivity contribution in [3.8, 4) is 5.75 Å². The zero-order valence-corrected chi connectivity index (χ0v) is 12.2. The lowest BCUT2D eigenvalue weighted by Gasteiger charge is -2.08. The molecular weight excluding hydrogens is 278 g/mol. The van der Waals surface area contributed by atoms with Crippen LogP contribution < -0.4 is 4.74 Å². The third kappa shape index (κ3) is 2.13. The van der Waals surface area contributed by atoms with Crippen LogP contribution in [0, 0.1) is 0 Å². The van der Waals surface area contributed by atoms with Gasteiger partial charge in [-0.15, -0.1) is 11.8 Å². The first kappa shape index (κ1) is 12.6. The van der Waals surface area contributed by atoms with Crippen LogP contribution in [0.2, 0.25) is 5.02 Å². The smallest absolute Gasteiger partial charge is 0.119 e. The van der Waals surface area contributed by atoms with Gasteiger partial charge in [0, 0.05) is 15.7 Å². The molecule has 0 bridgehead atoms. The normalized spacial score (nSPS) is 11.1. The summed E-state index contributed by atoms with van der Waals surface area (Å²) >= 11 is 8.22. The quantitative estimate of drug-likeness (QED) is 0.501. The van der Waals surface area contributed by atoms with Gasteiger partial charge in [0.25, 0.3) is 0 Å². The van der Waals surface area contributed by atoms with Gasteiger partial charge in [0.15, 0.2) is 0 Å². The van der Waals surface area contributed by atoms with E-state index in [1.54, 1.807) is 18.9 Å². The Bertz CT molecular complexity index is 711. The molecule has 19 heavy (non-hydrogen) atoms. The summed E-state index contributed by atoms with van der Waals surface area (Å²) in [6.07, 6.45) is 2.05. The Balaban J connectivity index is 2.39. The number of hydrogen-bond donors (Lipinski definition) is 0. The zero-order chi connectivity index (χ0) is 13.4. The average molecular weight is 290 g/mol. The highest BCUT2D eigenvalue weighted by Crippen LogP contribution is 2.34. The van der Waals surface area contributed by atoms with E-state index in [4.69, 9.17) is 16.3 Å². The van der Waals surface area contributed by atoms with E-state index in [9.17, 15) is 0 Å². The molecule has 0 aliphatic heterocycles. The van der Waals surface area contributed by atoms with Crippen molar-refractivity contribution in [3.05, 3.63) is 41.4 Å². The number of halogens is 1. The molecule has 0 aliphatic rings. The number of methoxy groups -OCH3 is 1. The molecule has 0 N–H and O–H groups in total. The fourth-order valence-electron chi connectivity index (χ4n) is 2.11. The second-order valence-corrected chi connectivity index (χ2v) is 5.45. The summed E-state index contributed by atoms with van der Waals surface area (Å²) in [6, 6.07) is 11.9. The fourth-order valence-corrected chi connectivity index (χ4v) is 2.85. The van der Waals surface area contributed by atoms with Crippen molar-refractivity contribution in [1.29, 1.82) is 0 Å². The highest BCUT2D eigenvalue weighted by molar-refractivity contribution is 7.98. The van der Waals surface area contributed by atoms with Crippen LogP contribution >= 0.6 is 23.4 Å². The first-order valence-electron chi connectivity index (χ1n) is 5.84. The van der Waals surface area contributed by atoms with E-state index in [1.807, 2.05) is 30.5 Å². The first-order chi connectivity index (χ1) is 9.22. The molecular formula is C15H12ClNOS. The van der Waals surface area contributed by atoms with Crippen LogP contribution in [0.4, 0.5) is 0 Å². The van der Waals surface area contributed by atoms with Gasteiger partial charge in [0.05, 0.1) is 23.2 Å². The van der Waals surface area contributed by atoms with E-state index >= 15 is 0 Å². The molecule has 0 atom stereocenters. The molecule has 4 heteroatoms. The molecule has 2 aromatic carbocycles. The van der Waals surface area contributed by atoms with Crippen molar-refractivity contribution >= 4 is 45.2 Å². The van der Waals surface area contributed by atoms with Gasteiger partial charge in [-0.05, 0) is 42.7 Å². The summed E-state index contributed by atoms with van der Waals surface area (Å²) in [6.45, 7) is 0. The second-order valence-electron chi connectivity index (χ2n) is 4.19.